The molecule has 0 N–H and O–H groups in total. The van der Waals surface area contributed by atoms with Crippen molar-refractivity contribution in [3.8, 4) is 22.3 Å². The predicted octanol–water partition coefficient (Wildman–Crippen LogP) is 9.73. The van der Waals surface area contributed by atoms with Crippen molar-refractivity contribution < 1.29 is 19.1 Å². The van der Waals surface area contributed by atoms with Crippen LogP contribution in [0.2, 0.25) is 0 Å². The number of aryl methyl sites for hydroxylation is 1. The molecule has 0 atom stereocenters. The highest BCUT2D eigenvalue weighted by atomic mass is 16.5. The zero-order valence-electron chi connectivity index (χ0n) is 24.4. The molecule has 7 rings (SSSR count). The van der Waals surface area contributed by atoms with E-state index in [9.17, 15) is 9.59 Å². The van der Waals surface area contributed by atoms with E-state index in [1.54, 1.807) is 13.8 Å². The van der Waals surface area contributed by atoms with Crippen LogP contribution in [0.15, 0.2) is 103 Å². The Morgan fingerprint density at radius 2 is 1.02 bits per heavy atom. The van der Waals surface area contributed by atoms with Gasteiger partial charge in [-0.25, -0.2) is 9.59 Å². The summed E-state index contributed by atoms with van der Waals surface area (Å²) in [7, 11) is 0. The molecule has 0 aromatic heterocycles. The number of rotatable bonds is 6. The van der Waals surface area contributed by atoms with E-state index in [2.05, 4.69) is 61.5 Å². The van der Waals surface area contributed by atoms with Gasteiger partial charge in [0.1, 0.15) is 0 Å². The molecule has 0 spiro atoms. The highest BCUT2D eigenvalue weighted by Gasteiger charge is 2.25. The van der Waals surface area contributed by atoms with Crippen molar-refractivity contribution in [1.82, 2.24) is 0 Å². The Morgan fingerprint density at radius 1 is 0.512 bits per heavy atom. The van der Waals surface area contributed by atoms with Gasteiger partial charge in [-0.3, -0.25) is 0 Å². The molecule has 0 aliphatic rings. The average molecular weight is 563 g/mol. The molecule has 43 heavy (non-hydrogen) atoms. The first kappa shape index (κ1) is 26.7. The first-order valence-electron chi connectivity index (χ1n) is 14.7. The summed E-state index contributed by atoms with van der Waals surface area (Å²) in [6.45, 7) is 6.14. The van der Waals surface area contributed by atoms with Crippen LogP contribution in [0.5, 0.6) is 0 Å². The minimum atomic E-state index is -0.434. The van der Waals surface area contributed by atoms with Gasteiger partial charge in [0.05, 0.1) is 24.3 Å². The first-order valence-corrected chi connectivity index (χ1v) is 14.7. The molecule has 4 nitrogen and oxygen atoms in total. The normalized spacial score (nSPS) is 11.5. The van der Waals surface area contributed by atoms with Gasteiger partial charge in [0.25, 0.3) is 0 Å². The van der Waals surface area contributed by atoms with Gasteiger partial charge in [-0.15, -0.1) is 0 Å². The topological polar surface area (TPSA) is 52.6 Å². The maximum Gasteiger partial charge on any atom is 0.338 e. The van der Waals surface area contributed by atoms with Crippen LogP contribution in [0, 0.1) is 6.92 Å². The Labute approximate surface area is 249 Å². The standard InChI is InChI=1S/C39H30O4/c1-4-42-38(40)34-22-33(30-19-16-26-15-14-24-9-8-10-25-17-20-31(30)37(26)36(24)25)35(39(41)43-5-2)21-32(34)29-18-13-23(3)27-11-6-7-12-28(27)29/h6-22H,4-5H2,1-3H3. The van der Waals surface area contributed by atoms with E-state index >= 15 is 0 Å². The van der Waals surface area contributed by atoms with Crippen LogP contribution in [-0.2, 0) is 9.47 Å². The second-order valence-corrected chi connectivity index (χ2v) is 10.8. The monoisotopic (exact) mass is 562 g/mol. The molecular weight excluding hydrogens is 532 g/mol. The van der Waals surface area contributed by atoms with E-state index in [1.807, 2.05) is 48.5 Å². The molecule has 0 saturated carbocycles. The van der Waals surface area contributed by atoms with Gasteiger partial charge in [0.15, 0.2) is 0 Å². The molecule has 7 aromatic carbocycles. The first-order chi connectivity index (χ1) is 21.0. The van der Waals surface area contributed by atoms with Gasteiger partial charge >= 0.3 is 11.9 Å². The van der Waals surface area contributed by atoms with Gasteiger partial charge in [-0.1, -0.05) is 91.0 Å². The summed E-state index contributed by atoms with van der Waals surface area (Å²) in [5, 5.41) is 8.85. The number of hydrogen-bond donors (Lipinski definition) is 0. The van der Waals surface area contributed by atoms with Crippen molar-refractivity contribution >= 4 is 55.0 Å². The zero-order chi connectivity index (χ0) is 29.7. The van der Waals surface area contributed by atoms with Gasteiger partial charge in [0, 0.05) is 0 Å². The van der Waals surface area contributed by atoms with E-state index in [1.165, 1.54) is 5.39 Å². The number of hydrogen-bond acceptors (Lipinski definition) is 4. The molecule has 7 aromatic rings. The summed E-state index contributed by atoms with van der Waals surface area (Å²) in [5.41, 5.74) is 4.94. The molecule has 0 bridgehead atoms. The Hall–Kier alpha value is -5.22. The number of fused-ring (bicyclic) bond motifs is 1. The minimum Gasteiger partial charge on any atom is -0.462 e. The van der Waals surface area contributed by atoms with E-state index in [-0.39, 0.29) is 13.2 Å². The molecule has 0 unspecified atom stereocenters. The molecule has 0 amide bonds. The number of carbonyl (C=O) groups excluding carboxylic acids is 2. The summed E-state index contributed by atoms with van der Waals surface area (Å²) >= 11 is 0. The SMILES string of the molecule is CCOC(=O)c1cc(-c2ccc3ccc4cccc5ccc2c3c45)c(C(=O)OCC)cc1-c1ccc(C)c2ccccc12. The van der Waals surface area contributed by atoms with E-state index in [4.69, 9.17) is 9.47 Å². The second kappa shape index (κ2) is 10.6. The fourth-order valence-electron chi connectivity index (χ4n) is 6.46. The Morgan fingerprint density at radius 3 is 1.65 bits per heavy atom. The van der Waals surface area contributed by atoms with Crippen LogP contribution in [0.1, 0.15) is 40.1 Å². The summed E-state index contributed by atoms with van der Waals surface area (Å²) in [4.78, 5) is 27.3. The molecule has 0 saturated heterocycles. The maximum atomic E-state index is 13.7. The zero-order valence-corrected chi connectivity index (χ0v) is 24.4. The van der Waals surface area contributed by atoms with E-state index in [0.29, 0.717) is 22.3 Å². The third-order valence-electron chi connectivity index (χ3n) is 8.40. The molecule has 0 heterocycles. The van der Waals surface area contributed by atoms with Crippen molar-refractivity contribution in [3.63, 3.8) is 0 Å². The summed E-state index contributed by atoms with van der Waals surface area (Å²) in [6.07, 6.45) is 0. The highest BCUT2D eigenvalue weighted by Crippen LogP contribution is 2.43. The summed E-state index contributed by atoms with van der Waals surface area (Å²) < 4.78 is 11.2. The van der Waals surface area contributed by atoms with Gasteiger partial charge < -0.3 is 9.47 Å². The predicted molar refractivity (Wildman–Crippen MR) is 175 cm³/mol. The number of carbonyl (C=O) groups is 2. The smallest absolute Gasteiger partial charge is 0.338 e. The molecular formula is C39H30O4. The van der Waals surface area contributed by atoms with Gasteiger partial charge in [-0.05, 0) is 104 Å². The fraction of sp³-hybridized carbons (Fsp3) is 0.128. The third-order valence-corrected chi connectivity index (χ3v) is 8.40. The lowest BCUT2D eigenvalue weighted by Gasteiger charge is -2.19. The minimum absolute atomic E-state index is 0.235. The van der Waals surface area contributed by atoms with Crippen LogP contribution < -0.4 is 0 Å². The molecule has 0 aliphatic heterocycles. The molecule has 210 valence electrons. The van der Waals surface area contributed by atoms with Crippen molar-refractivity contribution in [1.29, 1.82) is 0 Å². The van der Waals surface area contributed by atoms with E-state index in [0.717, 1.165) is 54.4 Å². The number of esters is 2. The van der Waals surface area contributed by atoms with Crippen LogP contribution in [0.25, 0.3) is 65.3 Å². The lowest BCUT2D eigenvalue weighted by atomic mass is 9.85. The Bertz CT molecular complexity index is 2190. The van der Waals surface area contributed by atoms with E-state index < -0.39 is 11.9 Å². The van der Waals surface area contributed by atoms with Crippen LogP contribution in [0.3, 0.4) is 0 Å². The lowest BCUT2D eigenvalue weighted by Crippen LogP contribution is -2.12. The molecule has 4 heteroatoms. The molecule has 0 fully saturated rings. The van der Waals surface area contributed by atoms with Gasteiger partial charge in [0.2, 0.25) is 0 Å². The Kier molecular flexibility index (Phi) is 6.55. The summed E-state index contributed by atoms with van der Waals surface area (Å²) in [5.74, 6) is -0.868. The van der Waals surface area contributed by atoms with Crippen molar-refractivity contribution in [2.75, 3.05) is 13.2 Å². The average Bonchev–Trinajstić information content (AvgIpc) is 3.03. The highest BCUT2D eigenvalue weighted by molar-refractivity contribution is 6.26. The van der Waals surface area contributed by atoms with Crippen molar-refractivity contribution in [3.05, 3.63) is 120 Å². The Balaban J connectivity index is 1.58. The van der Waals surface area contributed by atoms with Crippen LogP contribution in [0.4, 0.5) is 0 Å². The quantitative estimate of drug-likeness (QED) is 0.150. The lowest BCUT2D eigenvalue weighted by molar-refractivity contribution is 0.0513. The number of benzene rings is 7. The largest absolute Gasteiger partial charge is 0.462 e. The van der Waals surface area contributed by atoms with Crippen LogP contribution in [-0.4, -0.2) is 25.2 Å². The maximum absolute atomic E-state index is 13.7. The number of ether oxygens (including phenoxy) is 2. The summed E-state index contributed by atoms with van der Waals surface area (Å²) in [6, 6.07) is 34.8. The second-order valence-electron chi connectivity index (χ2n) is 10.8. The van der Waals surface area contributed by atoms with Gasteiger partial charge in [-0.2, -0.15) is 0 Å². The van der Waals surface area contributed by atoms with Crippen LogP contribution >= 0.6 is 0 Å². The van der Waals surface area contributed by atoms with Crippen molar-refractivity contribution in [2.45, 2.75) is 20.8 Å². The molecule has 0 aliphatic carbocycles. The fourth-order valence-corrected chi connectivity index (χ4v) is 6.46. The van der Waals surface area contributed by atoms with Crippen molar-refractivity contribution in [2.24, 2.45) is 0 Å². The molecule has 0 radical (unpaired) electrons. The third kappa shape index (κ3) is 4.29.